The summed E-state index contributed by atoms with van der Waals surface area (Å²) in [5.74, 6) is -0.858. The SMILES string of the molecule is CC(=O)CC(=O)NCCS(=O)(=O)N(C)C. The molecule has 0 saturated heterocycles. The molecule has 0 aliphatic carbocycles. The fraction of sp³-hybridized carbons (Fsp3) is 0.750. The molecule has 88 valence electrons. The highest BCUT2D eigenvalue weighted by molar-refractivity contribution is 7.89. The van der Waals surface area contributed by atoms with E-state index < -0.39 is 15.9 Å². The van der Waals surface area contributed by atoms with Gasteiger partial charge >= 0.3 is 0 Å². The van der Waals surface area contributed by atoms with Crippen molar-refractivity contribution < 1.29 is 18.0 Å². The van der Waals surface area contributed by atoms with Crippen LogP contribution in [0.25, 0.3) is 0 Å². The van der Waals surface area contributed by atoms with Gasteiger partial charge < -0.3 is 5.32 Å². The van der Waals surface area contributed by atoms with Crippen molar-refractivity contribution in [2.24, 2.45) is 0 Å². The highest BCUT2D eigenvalue weighted by Gasteiger charge is 2.13. The zero-order valence-corrected chi connectivity index (χ0v) is 9.93. The van der Waals surface area contributed by atoms with Gasteiger partial charge in [0, 0.05) is 20.6 Å². The predicted molar refractivity (Wildman–Crippen MR) is 55.8 cm³/mol. The summed E-state index contributed by atoms with van der Waals surface area (Å²) in [6.07, 6.45) is -0.206. The van der Waals surface area contributed by atoms with Gasteiger partial charge in [0.15, 0.2) is 0 Å². The van der Waals surface area contributed by atoms with Crippen molar-refractivity contribution in [1.29, 1.82) is 0 Å². The molecule has 0 atom stereocenters. The Bertz CT molecular complexity index is 335. The fourth-order valence-electron chi connectivity index (χ4n) is 0.791. The van der Waals surface area contributed by atoms with Crippen molar-refractivity contribution in [3.63, 3.8) is 0 Å². The molecule has 0 fully saturated rings. The van der Waals surface area contributed by atoms with Crippen molar-refractivity contribution in [3.8, 4) is 0 Å². The number of carbonyl (C=O) groups is 2. The van der Waals surface area contributed by atoms with E-state index in [-0.39, 0.29) is 24.5 Å². The third-order valence-electron chi connectivity index (χ3n) is 1.65. The van der Waals surface area contributed by atoms with Crippen LogP contribution < -0.4 is 5.32 Å². The van der Waals surface area contributed by atoms with Crippen LogP contribution in [0, 0.1) is 0 Å². The van der Waals surface area contributed by atoms with Crippen LogP contribution in [-0.4, -0.2) is 50.8 Å². The third-order valence-corrected chi connectivity index (χ3v) is 3.48. The first-order chi connectivity index (χ1) is 6.75. The molecule has 0 aliphatic rings. The van der Waals surface area contributed by atoms with Crippen LogP contribution >= 0.6 is 0 Å². The van der Waals surface area contributed by atoms with Gasteiger partial charge in [-0.1, -0.05) is 0 Å². The summed E-state index contributed by atoms with van der Waals surface area (Å²) < 4.78 is 23.6. The highest BCUT2D eigenvalue weighted by Crippen LogP contribution is 1.92. The van der Waals surface area contributed by atoms with Crippen molar-refractivity contribution in [2.45, 2.75) is 13.3 Å². The van der Waals surface area contributed by atoms with Crippen LogP contribution in [0.3, 0.4) is 0 Å². The molecule has 0 saturated carbocycles. The molecule has 6 nitrogen and oxygen atoms in total. The summed E-state index contributed by atoms with van der Waals surface area (Å²) in [5.41, 5.74) is 0. The zero-order chi connectivity index (χ0) is 12.1. The average molecular weight is 236 g/mol. The Balaban J connectivity index is 3.91. The largest absolute Gasteiger partial charge is 0.355 e. The second kappa shape index (κ2) is 5.82. The van der Waals surface area contributed by atoms with Crippen LogP contribution in [0.2, 0.25) is 0 Å². The third kappa shape index (κ3) is 6.19. The quantitative estimate of drug-likeness (QED) is 0.598. The number of ketones is 1. The lowest BCUT2D eigenvalue weighted by molar-refractivity contribution is -0.127. The minimum Gasteiger partial charge on any atom is -0.355 e. The molecular weight excluding hydrogens is 220 g/mol. The van der Waals surface area contributed by atoms with E-state index in [1.807, 2.05) is 0 Å². The van der Waals surface area contributed by atoms with Crippen molar-refractivity contribution >= 4 is 21.7 Å². The van der Waals surface area contributed by atoms with Gasteiger partial charge in [-0.2, -0.15) is 0 Å². The molecule has 0 unspecified atom stereocenters. The van der Waals surface area contributed by atoms with E-state index in [9.17, 15) is 18.0 Å². The molecule has 0 aromatic carbocycles. The number of carbonyl (C=O) groups excluding carboxylic acids is 2. The van der Waals surface area contributed by atoms with E-state index in [2.05, 4.69) is 5.32 Å². The minimum atomic E-state index is -3.29. The normalized spacial score (nSPS) is 11.5. The van der Waals surface area contributed by atoms with E-state index in [4.69, 9.17) is 0 Å². The Hall–Kier alpha value is -0.950. The van der Waals surface area contributed by atoms with Crippen LogP contribution in [-0.2, 0) is 19.6 Å². The second-order valence-corrected chi connectivity index (χ2v) is 5.63. The summed E-state index contributed by atoms with van der Waals surface area (Å²) in [7, 11) is -0.442. The molecule has 0 heterocycles. The maximum Gasteiger partial charge on any atom is 0.227 e. The fourth-order valence-corrected chi connectivity index (χ4v) is 1.52. The average Bonchev–Trinajstić information content (AvgIpc) is 2.01. The molecule has 0 rings (SSSR count). The Kier molecular flexibility index (Phi) is 5.45. The number of rotatable bonds is 6. The molecule has 0 aromatic rings. The zero-order valence-electron chi connectivity index (χ0n) is 9.11. The first kappa shape index (κ1) is 14.1. The van der Waals surface area contributed by atoms with Gasteiger partial charge in [0.2, 0.25) is 15.9 Å². The number of amides is 1. The van der Waals surface area contributed by atoms with Gasteiger partial charge in [-0.25, -0.2) is 12.7 Å². The maximum atomic E-state index is 11.2. The van der Waals surface area contributed by atoms with Gasteiger partial charge in [-0.3, -0.25) is 9.59 Å². The number of sulfonamides is 1. The Morgan fingerprint density at radius 1 is 1.27 bits per heavy atom. The Labute approximate surface area is 89.7 Å². The van der Waals surface area contributed by atoms with Crippen LogP contribution in [0.15, 0.2) is 0 Å². The number of hydrogen-bond acceptors (Lipinski definition) is 4. The molecule has 0 aliphatic heterocycles. The summed E-state index contributed by atoms with van der Waals surface area (Å²) >= 11 is 0. The number of nitrogens with one attached hydrogen (secondary N) is 1. The maximum absolute atomic E-state index is 11.2. The molecule has 7 heteroatoms. The minimum absolute atomic E-state index is 0.0205. The monoisotopic (exact) mass is 236 g/mol. The second-order valence-electron chi connectivity index (χ2n) is 3.33. The summed E-state index contributed by atoms with van der Waals surface area (Å²) in [5, 5.41) is 2.36. The topological polar surface area (TPSA) is 83.5 Å². The van der Waals surface area contributed by atoms with Crippen molar-refractivity contribution in [1.82, 2.24) is 9.62 Å². The van der Waals surface area contributed by atoms with Gasteiger partial charge in [0.05, 0.1) is 12.2 Å². The van der Waals surface area contributed by atoms with E-state index >= 15 is 0 Å². The van der Waals surface area contributed by atoms with Crippen molar-refractivity contribution in [2.75, 3.05) is 26.4 Å². The number of Topliss-reactive ketones (excluding diaryl/α,β-unsaturated/α-hetero) is 1. The number of nitrogens with zero attached hydrogens (tertiary/aromatic N) is 1. The van der Waals surface area contributed by atoms with E-state index in [1.54, 1.807) is 0 Å². The molecule has 0 bridgehead atoms. The molecule has 0 radical (unpaired) electrons. The molecule has 1 N–H and O–H groups in total. The van der Waals surface area contributed by atoms with E-state index in [0.717, 1.165) is 4.31 Å². The predicted octanol–water partition coefficient (Wildman–Crippen LogP) is -1.03. The Morgan fingerprint density at radius 3 is 2.20 bits per heavy atom. The molecular formula is C8H16N2O4S. The van der Waals surface area contributed by atoms with Gasteiger partial charge in [0.25, 0.3) is 0 Å². The summed E-state index contributed by atoms with van der Waals surface area (Å²) in [6.45, 7) is 1.32. The van der Waals surface area contributed by atoms with Crippen LogP contribution in [0.4, 0.5) is 0 Å². The summed E-state index contributed by atoms with van der Waals surface area (Å²) in [4.78, 5) is 21.5. The molecule has 1 amide bonds. The smallest absolute Gasteiger partial charge is 0.227 e. The standard InChI is InChI=1S/C8H16N2O4S/c1-7(11)6-8(12)9-4-5-15(13,14)10(2)3/h4-6H2,1-3H3,(H,9,12). The van der Waals surface area contributed by atoms with Crippen LogP contribution in [0.1, 0.15) is 13.3 Å². The molecule has 0 spiro atoms. The number of hydrogen-bond donors (Lipinski definition) is 1. The Morgan fingerprint density at radius 2 is 1.80 bits per heavy atom. The van der Waals surface area contributed by atoms with Crippen LogP contribution in [0.5, 0.6) is 0 Å². The van der Waals surface area contributed by atoms with Gasteiger partial charge in [-0.15, -0.1) is 0 Å². The first-order valence-corrected chi connectivity index (χ1v) is 6.03. The summed E-state index contributed by atoms with van der Waals surface area (Å²) in [6, 6.07) is 0. The van der Waals surface area contributed by atoms with Crippen molar-refractivity contribution in [3.05, 3.63) is 0 Å². The molecule has 0 aromatic heterocycles. The van der Waals surface area contributed by atoms with E-state index in [0.29, 0.717) is 0 Å². The van der Waals surface area contributed by atoms with Gasteiger partial charge in [0.1, 0.15) is 5.78 Å². The highest BCUT2D eigenvalue weighted by atomic mass is 32.2. The van der Waals surface area contributed by atoms with E-state index in [1.165, 1.54) is 21.0 Å². The molecule has 15 heavy (non-hydrogen) atoms. The lowest BCUT2D eigenvalue weighted by Crippen LogP contribution is -2.34. The first-order valence-electron chi connectivity index (χ1n) is 4.42. The van der Waals surface area contributed by atoms with Gasteiger partial charge in [-0.05, 0) is 6.92 Å². The lowest BCUT2D eigenvalue weighted by atomic mass is 10.3. The lowest BCUT2D eigenvalue weighted by Gasteiger charge is -2.11.